The molecule has 0 unspecified atom stereocenters. The number of benzene rings is 10. The van der Waals surface area contributed by atoms with Gasteiger partial charge < -0.3 is 0 Å². The molecule has 0 amide bonds. The summed E-state index contributed by atoms with van der Waals surface area (Å²) < 4.78 is 0. The second-order valence-corrected chi connectivity index (χ2v) is 21.9. The third-order valence-electron chi connectivity index (χ3n) is 15.4. The highest BCUT2D eigenvalue weighted by atomic mass is 14.5. The highest BCUT2D eigenvalue weighted by molar-refractivity contribution is 6.29. The topological polar surface area (TPSA) is 0 Å². The maximum absolute atomic E-state index is 2.59. The average molecular weight is 875 g/mol. The van der Waals surface area contributed by atoms with Crippen LogP contribution in [0, 0.1) is 20.8 Å². The lowest BCUT2D eigenvalue weighted by Gasteiger charge is -2.35. The largest absolute Gasteiger partial charge is 0.0713 e. The van der Waals surface area contributed by atoms with E-state index in [0.29, 0.717) is 0 Å². The molecule has 0 heteroatoms. The molecule has 0 saturated heterocycles. The van der Waals surface area contributed by atoms with Crippen molar-refractivity contribution in [1.29, 1.82) is 0 Å². The van der Waals surface area contributed by atoms with Crippen LogP contribution >= 0.6 is 0 Å². The lowest BCUT2D eigenvalue weighted by atomic mass is 9.66. The van der Waals surface area contributed by atoms with Crippen LogP contribution in [0.25, 0.3) is 88.3 Å². The molecule has 2 aliphatic rings. The van der Waals surface area contributed by atoms with Gasteiger partial charge in [0.1, 0.15) is 0 Å². The summed E-state index contributed by atoms with van der Waals surface area (Å²) in [5.41, 5.74) is 26.8. The molecule has 0 fully saturated rings. The van der Waals surface area contributed by atoms with Gasteiger partial charge in [-0.05, 0) is 159 Å². The fourth-order valence-corrected chi connectivity index (χ4v) is 11.9. The molecule has 0 spiro atoms. The lowest BCUT2D eigenvalue weighted by Crippen LogP contribution is -2.29. The smallest absolute Gasteiger partial charge is 0.0622 e. The molecule has 330 valence electrons. The zero-order valence-electron chi connectivity index (χ0n) is 40.9. The molecule has 0 radical (unpaired) electrons. The van der Waals surface area contributed by atoms with E-state index in [9.17, 15) is 0 Å². The molecular weight excluding hydrogens is 817 g/mol. The van der Waals surface area contributed by atoms with Crippen LogP contribution in [0.5, 0.6) is 0 Å². The quantitative estimate of drug-likeness (QED) is 0.162. The summed E-state index contributed by atoms with van der Waals surface area (Å²) in [6, 6.07) is 72.8. The van der Waals surface area contributed by atoms with Crippen molar-refractivity contribution in [3.05, 3.63) is 238 Å². The Morgan fingerprint density at radius 1 is 0.309 bits per heavy atom. The van der Waals surface area contributed by atoms with Crippen LogP contribution in [-0.2, 0) is 16.2 Å². The maximum Gasteiger partial charge on any atom is 0.0713 e. The highest BCUT2D eigenvalue weighted by Gasteiger charge is 2.47. The van der Waals surface area contributed by atoms with E-state index in [1.54, 1.807) is 0 Å². The molecule has 10 aromatic carbocycles. The predicted molar refractivity (Wildman–Crippen MR) is 291 cm³/mol. The summed E-state index contributed by atoms with van der Waals surface area (Å²) in [6.07, 6.45) is 0. The van der Waals surface area contributed by atoms with Crippen molar-refractivity contribution in [2.24, 2.45) is 0 Å². The van der Waals surface area contributed by atoms with Crippen molar-refractivity contribution >= 4 is 21.5 Å². The van der Waals surface area contributed by atoms with E-state index < -0.39 is 5.41 Å². The lowest BCUT2D eigenvalue weighted by molar-refractivity contribution is 0.569. The normalized spacial score (nSPS) is 13.5. The van der Waals surface area contributed by atoms with Gasteiger partial charge in [-0.3, -0.25) is 0 Å². The van der Waals surface area contributed by atoms with E-state index in [0.717, 1.165) is 0 Å². The van der Waals surface area contributed by atoms with Crippen LogP contribution in [0.2, 0.25) is 0 Å². The average Bonchev–Trinajstić information content (AvgIpc) is 3.81. The van der Waals surface area contributed by atoms with Gasteiger partial charge in [-0.15, -0.1) is 0 Å². The van der Waals surface area contributed by atoms with Gasteiger partial charge in [0, 0.05) is 0 Å². The van der Waals surface area contributed by atoms with Crippen molar-refractivity contribution in [1.82, 2.24) is 0 Å². The van der Waals surface area contributed by atoms with Crippen LogP contribution in [0.1, 0.15) is 91.6 Å². The molecule has 0 bridgehead atoms. The van der Waals surface area contributed by atoms with E-state index in [1.165, 1.54) is 138 Å². The SMILES string of the molecule is Cc1ccc(C2(c3ccc4c(-c5ccccc5)c5c(c(-c6ccccc6)c4c3)-c3cccc4c(-c6cc(C(C)(C)C)cc(C(C)(C)C)c6)ccc-5c34)c3cc(C)ccc3-c3ccc(C)cc32)cc1. The molecule has 0 nitrogen and oxygen atoms in total. The molecular formula is C68H58. The molecule has 10 aromatic rings. The minimum Gasteiger partial charge on any atom is -0.0622 e. The van der Waals surface area contributed by atoms with Gasteiger partial charge in [-0.25, -0.2) is 0 Å². The molecule has 0 heterocycles. The Kier molecular flexibility index (Phi) is 9.36. The molecule has 0 atom stereocenters. The molecule has 68 heavy (non-hydrogen) atoms. The predicted octanol–water partition coefficient (Wildman–Crippen LogP) is 18.5. The van der Waals surface area contributed by atoms with Gasteiger partial charge >= 0.3 is 0 Å². The van der Waals surface area contributed by atoms with Gasteiger partial charge in [0.05, 0.1) is 5.41 Å². The van der Waals surface area contributed by atoms with E-state index >= 15 is 0 Å². The maximum atomic E-state index is 2.59. The Bertz CT molecular complexity index is 3600. The number of fused-ring (bicyclic) bond motifs is 7. The summed E-state index contributed by atoms with van der Waals surface area (Å²) in [5, 5.41) is 5.17. The third-order valence-corrected chi connectivity index (χ3v) is 15.4. The van der Waals surface area contributed by atoms with Crippen molar-refractivity contribution in [2.45, 2.75) is 78.6 Å². The van der Waals surface area contributed by atoms with Crippen LogP contribution in [0.3, 0.4) is 0 Å². The second kappa shape index (κ2) is 15.1. The molecule has 0 aromatic heterocycles. The first-order valence-electron chi connectivity index (χ1n) is 24.5. The summed E-state index contributed by atoms with van der Waals surface area (Å²) in [4.78, 5) is 0. The Hall–Kier alpha value is -7.28. The first kappa shape index (κ1) is 42.1. The summed E-state index contributed by atoms with van der Waals surface area (Å²) in [6.45, 7) is 20.7. The van der Waals surface area contributed by atoms with Crippen LogP contribution < -0.4 is 0 Å². The number of rotatable bonds is 5. The van der Waals surface area contributed by atoms with Crippen molar-refractivity contribution in [3.8, 4) is 66.8 Å². The Morgan fingerprint density at radius 2 is 0.794 bits per heavy atom. The Labute approximate surface area is 403 Å². The van der Waals surface area contributed by atoms with Crippen LogP contribution in [0.15, 0.2) is 188 Å². The van der Waals surface area contributed by atoms with E-state index in [-0.39, 0.29) is 10.8 Å². The molecule has 12 rings (SSSR count). The van der Waals surface area contributed by atoms with E-state index in [1.807, 2.05) is 0 Å². The van der Waals surface area contributed by atoms with Crippen LogP contribution in [-0.4, -0.2) is 0 Å². The number of hydrogen-bond acceptors (Lipinski definition) is 0. The molecule has 0 aliphatic heterocycles. The second-order valence-electron chi connectivity index (χ2n) is 21.9. The van der Waals surface area contributed by atoms with Gasteiger partial charge in [0.25, 0.3) is 0 Å². The van der Waals surface area contributed by atoms with Gasteiger partial charge in [0.2, 0.25) is 0 Å². The summed E-state index contributed by atoms with van der Waals surface area (Å²) in [7, 11) is 0. The van der Waals surface area contributed by atoms with Gasteiger partial charge in [0.15, 0.2) is 0 Å². The minimum absolute atomic E-state index is 0.00752. The Balaban J connectivity index is 1.23. The minimum atomic E-state index is -0.546. The van der Waals surface area contributed by atoms with Gasteiger partial charge in [-0.2, -0.15) is 0 Å². The Morgan fingerprint density at radius 3 is 1.35 bits per heavy atom. The first-order chi connectivity index (χ1) is 32.7. The summed E-state index contributed by atoms with van der Waals surface area (Å²) >= 11 is 0. The van der Waals surface area contributed by atoms with E-state index in [2.05, 4.69) is 250 Å². The monoisotopic (exact) mass is 874 g/mol. The van der Waals surface area contributed by atoms with Crippen molar-refractivity contribution < 1.29 is 0 Å². The fourth-order valence-electron chi connectivity index (χ4n) is 11.9. The molecule has 2 aliphatic carbocycles. The van der Waals surface area contributed by atoms with Crippen molar-refractivity contribution in [2.75, 3.05) is 0 Å². The third kappa shape index (κ3) is 6.26. The number of aryl methyl sites for hydroxylation is 3. The standard InChI is InChI=1S/C68H58/c1-41-23-27-47(28-24-41)68(59-35-42(2)25-30-52(59)53-31-26-43(3)36-60(53)68)48-29-32-55-58(40-48)62(45-19-14-11-15-20-45)64-56-22-16-21-54-51(46-37-49(66(4,5)6)39-50(38-46)67(7,8)9)33-34-57(63(54)56)65(64)61(55)44-17-12-10-13-18-44/h10-40H,1-9H3. The molecule has 0 saturated carbocycles. The molecule has 0 N–H and O–H groups in total. The summed E-state index contributed by atoms with van der Waals surface area (Å²) in [5.74, 6) is 0. The van der Waals surface area contributed by atoms with Crippen LogP contribution in [0.4, 0.5) is 0 Å². The fraction of sp³-hybridized carbons (Fsp3) is 0.176. The zero-order chi connectivity index (χ0) is 46.9. The first-order valence-corrected chi connectivity index (χ1v) is 24.5. The zero-order valence-corrected chi connectivity index (χ0v) is 40.9. The number of hydrogen-bond donors (Lipinski definition) is 0. The highest BCUT2D eigenvalue weighted by Crippen LogP contribution is 2.61. The van der Waals surface area contributed by atoms with Gasteiger partial charge in [-0.1, -0.05) is 240 Å². The van der Waals surface area contributed by atoms with Crippen molar-refractivity contribution in [3.63, 3.8) is 0 Å². The van der Waals surface area contributed by atoms with E-state index in [4.69, 9.17) is 0 Å².